The van der Waals surface area contributed by atoms with E-state index in [4.69, 9.17) is 60.2 Å². The van der Waals surface area contributed by atoms with Crippen molar-refractivity contribution in [2.75, 3.05) is 16.3 Å². The van der Waals surface area contributed by atoms with Crippen molar-refractivity contribution in [2.24, 2.45) is 16.7 Å². The second-order valence-corrected chi connectivity index (χ2v) is 38.1. The maximum atomic E-state index is 12.5. The molecule has 1 aliphatic rings. The highest BCUT2D eigenvalue weighted by Gasteiger charge is 2.51. The summed E-state index contributed by atoms with van der Waals surface area (Å²) in [7, 11) is -0.240. The van der Waals surface area contributed by atoms with E-state index in [1.807, 2.05) is 174 Å². The number of rotatable bonds is 23. The van der Waals surface area contributed by atoms with E-state index >= 15 is 0 Å². The molecule has 0 spiro atoms. The average Bonchev–Trinajstić information content (AvgIpc) is 1.60. The van der Waals surface area contributed by atoms with Crippen LogP contribution in [0.15, 0.2) is 311 Å². The van der Waals surface area contributed by atoms with Gasteiger partial charge in [-0.2, -0.15) is 0 Å². The van der Waals surface area contributed by atoms with Crippen LogP contribution in [0.3, 0.4) is 0 Å². The molecule has 0 bridgehead atoms. The molecule has 0 atom stereocenters. The Labute approximate surface area is 798 Å². The van der Waals surface area contributed by atoms with Crippen molar-refractivity contribution >= 4 is 118 Å². The third-order valence-electron chi connectivity index (χ3n) is 22.7. The van der Waals surface area contributed by atoms with Crippen LogP contribution in [0.25, 0.3) is 61.6 Å². The number of hydrazine groups is 1. The Hall–Kier alpha value is -10.0. The van der Waals surface area contributed by atoms with Crippen molar-refractivity contribution in [1.82, 2.24) is 20.2 Å². The number of Topliss-reactive ketones (excluding diaryl/α,β-unsaturated/α-hetero) is 1. The molecule has 1 saturated heterocycles. The lowest BCUT2D eigenvalue weighted by molar-refractivity contribution is -0.126. The number of benzene rings is 12. The molecule has 13 nitrogen and oxygen atoms in total. The summed E-state index contributed by atoms with van der Waals surface area (Å²) in [6.45, 7) is 35.5. The Morgan fingerprint density at radius 1 is 0.438 bits per heavy atom. The molecule has 14 rings (SSSR count). The molecule has 8 N–H and O–H groups in total. The van der Waals surface area contributed by atoms with Crippen LogP contribution in [0.2, 0.25) is 0 Å². The molecule has 0 aliphatic carbocycles. The summed E-state index contributed by atoms with van der Waals surface area (Å²) in [5.41, 5.74) is 34.1. The lowest BCUT2D eigenvalue weighted by Gasteiger charge is -2.32. The van der Waals surface area contributed by atoms with Crippen molar-refractivity contribution in [1.29, 1.82) is 0 Å². The first-order chi connectivity index (χ1) is 60.9. The van der Waals surface area contributed by atoms with Gasteiger partial charge in [-0.3, -0.25) is 29.2 Å². The van der Waals surface area contributed by atoms with E-state index in [0.29, 0.717) is 17.8 Å². The van der Waals surface area contributed by atoms with E-state index in [9.17, 15) is 14.4 Å². The fourth-order valence-electron chi connectivity index (χ4n) is 13.6. The summed E-state index contributed by atoms with van der Waals surface area (Å²) in [6.07, 6.45) is 10.3. The van der Waals surface area contributed by atoms with Crippen molar-refractivity contribution in [3.05, 3.63) is 350 Å². The van der Waals surface area contributed by atoms with Crippen molar-refractivity contribution in [3.63, 3.8) is 0 Å². The molecule has 19 heteroatoms. The van der Waals surface area contributed by atoms with Gasteiger partial charge in [-0.15, -0.1) is 10.2 Å². The van der Waals surface area contributed by atoms with Gasteiger partial charge >= 0.3 is 7.12 Å². The molecule has 672 valence electrons. The molecular formula is C109H128BBr3Cl2N8O5. The molecular weight excluding hydrogens is 1820 g/mol. The Kier molecular flexibility index (Phi) is 42.1. The van der Waals surface area contributed by atoms with Gasteiger partial charge in [0, 0.05) is 70.4 Å². The number of halogens is 5. The van der Waals surface area contributed by atoms with Crippen molar-refractivity contribution in [2.45, 2.75) is 199 Å². The minimum Gasteiger partial charge on any atom is -0.399 e. The van der Waals surface area contributed by atoms with Gasteiger partial charge in [0.25, 0.3) is 5.91 Å². The number of nitrogens with one attached hydrogen (secondary N) is 2. The molecule has 0 saturated carbocycles. The molecule has 1 aromatic heterocycles. The first kappa shape index (κ1) is 105. The third-order valence-corrected chi connectivity index (χ3v) is 24.9. The number of aryl methyl sites for hydroxylation is 4. The van der Waals surface area contributed by atoms with Crippen LogP contribution in [0, 0.1) is 38.5 Å². The van der Waals surface area contributed by atoms with Crippen LogP contribution in [0.1, 0.15) is 192 Å². The molecule has 1 amide bonds. The van der Waals surface area contributed by atoms with E-state index in [1.165, 1.54) is 56.5 Å². The summed E-state index contributed by atoms with van der Waals surface area (Å²) in [4.78, 5) is 36.8. The summed E-state index contributed by atoms with van der Waals surface area (Å²) in [5.74, 6) is 6.88. The Balaban J connectivity index is 0.000000208. The molecule has 0 unspecified atom stereocenters. The van der Waals surface area contributed by atoms with Gasteiger partial charge in [0.2, 0.25) is 5.24 Å². The highest BCUT2D eigenvalue weighted by molar-refractivity contribution is 9.11. The molecule has 0 radical (unpaired) electrons. The standard InChI is InChI=1S/C28H30BrN3.C21H26O.C13H12ClN.C13H13N.C12H17BO2.C8H15ClO.C7H7BrN2O.C7H8BrN/c1-5-6-17-28(3,4)27-31-30-26(23-13-10-14-24(29)19-23)32(27)25-16-15-22(18-20(25)2)21-11-8-7-9-12-21;1-4-5-15-21(2,3)20(22)16-17-11-13-19(14-12-17)18-9-7-6-8-10-18;1-10-9-12(7-8-13(10)15-14)11-5-3-2-4-6-11;1-10-9-12(7-8-13(10)14)11-5-3-2-4-6-11;1-11(2)12(3,4)15-13(14-11)10-8-6-5-7-9-10;1-4-5-6-8(2,3)7(9)10;8-6-3-1-2-5(4-6)7(11)10-9;1-5-4-6(8)2-3-7(5)9/h7-16,18-19H,5-6,17H2,1-4H3;6-14H,4-5,15-16H2,1-3H3;2-9,15H,1H3;2-9H,14H2,1H3;5-9H,1-4H3;4-6H2,1-3H3;1-4H,9H2,(H,10,11);2-4H,9H2,1H3. The average molecular weight is 1950 g/mol. The van der Waals surface area contributed by atoms with Crippen molar-refractivity contribution in [3.8, 4) is 61.6 Å². The van der Waals surface area contributed by atoms with E-state index in [1.54, 1.807) is 18.2 Å². The van der Waals surface area contributed by atoms with Gasteiger partial charge < -0.3 is 20.8 Å². The number of amides is 1. The minimum absolute atomic E-state index is 0.0855. The highest BCUT2D eigenvalue weighted by atomic mass is 79.9. The van der Waals surface area contributed by atoms with Gasteiger partial charge in [0.05, 0.1) is 22.6 Å². The van der Waals surface area contributed by atoms with Crippen LogP contribution in [0.4, 0.5) is 17.1 Å². The van der Waals surface area contributed by atoms with Crippen LogP contribution in [-0.2, 0) is 30.7 Å². The first-order valence-corrected chi connectivity index (χ1v) is 46.9. The van der Waals surface area contributed by atoms with Crippen LogP contribution in [0.5, 0.6) is 0 Å². The SMILES string of the molecule is CC1(C)OB(c2ccccc2)OC1(C)C.CCCCC(C)(C)C(=O)Cc1ccc(-c2ccccc2)cc1.CCCCC(C)(C)C(=O)Cl.CCCCC(C)(C)c1nnc(-c2cccc(Br)c2)n1-c1ccc(-c2ccccc2)cc1C.Cc1cc(-c2ccccc2)ccc1N.Cc1cc(-c2ccccc2)ccc1NCl.Cc1cc(Br)ccc1N.NNC(=O)c1cccc(Br)c1. The Morgan fingerprint density at radius 3 is 1.27 bits per heavy atom. The number of hydrogen-bond acceptors (Lipinski definition) is 11. The van der Waals surface area contributed by atoms with Crippen LogP contribution in [-0.4, -0.2) is 50.0 Å². The van der Waals surface area contributed by atoms with E-state index in [-0.39, 0.29) is 45.7 Å². The second-order valence-electron chi connectivity index (χ2n) is 34.9. The Morgan fingerprint density at radius 2 is 0.836 bits per heavy atom. The van der Waals surface area contributed by atoms with E-state index in [2.05, 4.69) is 286 Å². The smallest absolute Gasteiger partial charge is 0.399 e. The largest absolute Gasteiger partial charge is 0.494 e. The molecule has 12 aromatic carbocycles. The van der Waals surface area contributed by atoms with Gasteiger partial charge in [-0.1, -0.05) is 361 Å². The van der Waals surface area contributed by atoms with Gasteiger partial charge in [0.1, 0.15) is 11.6 Å². The first-order valence-electron chi connectivity index (χ1n) is 43.8. The molecule has 2 heterocycles. The number of nitrogens with zero attached hydrogens (tertiary/aromatic N) is 3. The number of nitrogens with two attached hydrogens (primary N) is 3. The zero-order valence-electron chi connectivity index (χ0n) is 77.4. The summed E-state index contributed by atoms with van der Waals surface area (Å²) in [5, 5.41) is 9.21. The minimum atomic E-state index is -0.322. The number of anilines is 3. The van der Waals surface area contributed by atoms with Gasteiger partial charge in [-0.25, -0.2) is 5.84 Å². The van der Waals surface area contributed by atoms with Crippen LogP contribution >= 0.6 is 71.2 Å². The number of aromatic nitrogens is 3. The number of ketones is 1. The van der Waals surface area contributed by atoms with E-state index in [0.717, 1.165) is 132 Å². The summed E-state index contributed by atoms with van der Waals surface area (Å²) >= 11 is 21.1. The number of carbonyl (C=O) groups is 3. The maximum absolute atomic E-state index is 12.5. The maximum Gasteiger partial charge on any atom is 0.494 e. The zero-order chi connectivity index (χ0) is 93.8. The number of unbranched alkanes of at least 4 members (excludes halogenated alkanes) is 3. The predicted octanol–water partition coefficient (Wildman–Crippen LogP) is 29.6. The lowest BCUT2D eigenvalue weighted by Crippen LogP contribution is -2.41. The molecule has 1 aliphatic heterocycles. The lowest BCUT2D eigenvalue weighted by atomic mass is 9.79. The molecule has 1 fully saturated rings. The second kappa shape index (κ2) is 51.4. The molecule has 13 aromatic rings. The number of carbonyl (C=O) groups excluding carboxylic acids is 3. The number of nitrogen functional groups attached to an aromatic ring is 3. The van der Waals surface area contributed by atoms with Crippen LogP contribution < -0.4 is 33.0 Å². The van der Waals surface area contributed by atoms with E-state index < -0.39 is 0 Å². The fraction of sp³-hybridized carbons (Fsp3) is 0.294. The summed E-state index contributed by atoms with van der Waals surface area (Å²) < 4.78 is 17.1. The number of hydrogen-bond donors (Lipinski definition) is 5. The quantitative estimate of drug-likeness (QED) is 0.00776. The normalized spacial score (nSPS) is 12.2. The van der Waals surface area contributed by atoms with Gasteiger partial charge in [-0.05, 0) is 249 Å². The summed E-state index contributed by atoms with van der Waals surface area (Å²) in [6, 6.07) is 100.0. The topological polar surface area (TPSA) is 202 Å². The van der Waals surface area contributed by atoms with Gasteiger partial charge in [0.15, 0.2) is 5.82 Å². The van der Waals surface area contributed by atoms with Crippen molar-refractivity contribution < 1.29 is 23.7 Å². The zero-order valence-corrected chi connectivity index (χ0v) is 83.7. The predicted molar refractivity (Wildman–Crippen MR) is 554 cm³/mol. The third kappa shape index (κ3) is 32.6. The molecule has 128 heavy (non-hydrogen) atoms. The fourth-order valence-corrected chi connectivity index (χ4v) is 15.1. The highest BCUT2D eigenvalue weighted by Crippen LogP contribution is 2.39. The monoisotopic (exact) mass is 1950 g/mol. The Bertz CT molecular complexity index is 5590.